The van der Waals surface area contributed by atoms with Crippen LogP contribution in [-0.4, -0.2) is 24.7 Å². The van der Waals surface area contributed by atoms with E-state index in [2.05, 4.69) is 16.1 Å². The monoisotopic (exact) mass is 252 g/mol. The smallest absolute Gasteiger partial charge is 0.440 e. The molecule has 1 unspecified atom stereocenters. The van der Waals surface area contributed by atoms with Gasteiger partial charge in [-0.05, 0) is 6.42 Å². The van der Waals surface area contributed by atoms with Crippen molar-refractivity contribution in [1.82, 2.24) is 0 Å². The number of rotatable bonds is 6. The summed E-state index contributed by atoms with van der Waals surface area (Å²) in [6.07, 6.45) is -5.96. The third-order valence-electron chi connectivity index (χ3n) is 1.46. The van der Waals surface area contributed by atoms with Crippen molar-refractivity contribution in [2.24, 2.45) is 0 Å². The fraction of sp³-hybridized carbons (Fsp3) is 0.750. The standard InChI is InChI=1S/C8H10F6O2/c1-3-5-16-8(14,15-4-2)6(9,10)7(11,12)13/h4H,2-3,5H2,1H3. The molecule has 0 aliphatic carbocycles. The number of halogens is 6. The number of hydrogen-bond donors (Lipinski definition) is 0. The van der Waals surface area contributed by atoms with Gasteiger partial charge in [-0.25, -0.2) is 0 Å². The van der Waals surface area contributed by atoms with Gasteiger partial charge in [0.25, 0.3) is 0 Å². The summed E-state index contributed by atoms with van der Waals surface area (Å²) in [7, 11) is 0. The van der Waals surface area contributed by atoms with Gasteiger partial charge in [0.05, 0.1) is 12.9 Å². The van der Waals surface area contributed by atoms with E-state index in [0.29, 0.717) is 0 Å². The zero-order valence-corrected chi connectivity index (χ0v) is 8.28. The van der Waals surface area contributed by atoms with E-state index < -0.39 is 24.7 Å². The molecule has 0 N–H and O–H groups in total. The van der Waals surface area contributed by atoms with Gasteiger partial charge in [-0.3, -0.25) is 0 Å². The lowest BCUT2D eigenvalue weighted by Gasteiger charge is -2.32. The number of hydrogen-bond acceptors (Lipinski definition) is 2. The van der Waals surface area contributed by atoms with E-state index in [1.165, 1.54) is 6.92 Å². The van der Waals surface area contributed by atoms with Crippen LogP contribution in [0.2, 0.25) is 0 Å². The maximum absolute atomic E-state index is 13.3. The quantitative estimate of drug-likeness (QED) is 0.410. The van der Waals surface area contributed by atoms with Crippen LogP contribution in [0.5, 0.6) is 0 Å². The maximum atomic E-state index is 13.3. The molecular weight excluding hydrogens is 242 g/mol. The highest BCUT2D eigenvalue weighted by Crippen LogP contribution is 2.46. The molecule has 0 amide bonds. The Hall–Kier alpha value is -0.920. The van der Waals surface area contributed by atoms with Gasteiger partial charge < -0.3 is 9.47 Å². The second kappa shape index (κ2) is 4.94. The molecule has 0 radical (unpaired) electrons. The summed E-state index contributed by atoms with van der Waals surface area (Å²) in [5.74, 6) is -5.79. The van der Waals surface area contributed by atoms with Gasteiger partial charge in [-0.1, -0.05) is 13.5 Å². The van der Waals surface area contributed by atoms with E-state index in [9.17, 15) is 26.3 Å². The lowest BCUT2D eigenvalue weighted by molar-refractivity contribution is -0.449. The van der Waals surface area contributed by atoms with Gasteiger partial charge in [0.2, 0.25) is 0 Å². The Balaban J connectivity index is 5.08. The van der Waals surface area contributed by atoms with Gasteiger partial charge in [0, 0.05) is 0 Å². The molecule has 0 aliphatic rings. The highest BCUT2D eigenvalue weighted by atomic mass is 19.4. The zero-order valence-electron chi connectivity index (χ0n) is 8.28. The van der Waals surface area contributed by atoms with E-state index >= 15 is 0 Å². The minimum atomic E-state index is -6.13. The Labute approximate surface area is 87.8 Å². The summed E-state index contributed by atoms with van der Waals surface area (Å²) in [5, 5.41) is 0. The number of ether oxygens (including phenoxy) is 2. The average molecular weight is 252 g/mol. The molecule has 0 saturated heterocycles. The molecule has 0 aliphatic heterocycles. The second-order valence-electron chi connectivity index (χ2n) is 2.74. The van der Waals surface area contributed by atoms with Crippen LogP contribution >= 0.6 is 0 Å². The first-order valence-corrected chi connectivity index (χ1v) is 4.18. The van der Waals surface area contributed by atoms with E-state index in [0.717, 1.165) is 0 Å². The van der Waals surface area contributed by atoms with E-state index in [1.54, 1.807) is 0 Å². The predicted molar refractivity (Wildman–Crippen MR) is 42.4 cm³/mol. The first-order valence-electron chi connectivity index (χ1n) is 4.18. The van der Waals surface area contributed by atoms with Crippen molar-refractivity contribution in [3.63, 3.8) is 0 Å². The van der Waals surface area contributed by atoms with Crippen molar-refractivity contribution in [3.05, 3.63) is 12.8 Å². The third kappa shape index (κ3) is 2.81. The fourth-order valence-corrected chi connectivity index (χ4v) is 0.708. The van der Waals surface area contributed by atoms with Crippen LogP contribution < -0.4 is 0 Å². The molecule has 0 fully saturated rings. The summed E-state index contributed by atoms with van der Waals surface area (Å²) >= 11 is 0. The Morgan fingerprint density at radius 3 is 1.94 bits per heavy atom. The SMILES string of the molecule is C=COC(F)(OCCC)C(F)(F)C(F)(F)F. The molecule has 8 heteroatoms. The summed E-state index contributed by atoms with van der Waals surface area (Å²) in [4.78, 5) is 0. The predicted octanol–water partition coefficient (Wildman–Crippen LogP) is 3.39. The largest absolute Gasteiger partial charge is 0.463 e. The van der Waals surface area contributed by atoms with Crippen LogP contribution in [0, 0.1) is 0 Å². The van der Waals surface area contributed by atoms with E-state index in [4.69, 9.17) is 0 Å². The molecule has 1 atom stereocenters. The number of alkyl halides is 6. The maximum Gasteiger partial charge on any atom is 0.463 e. The van der Waals surface area contributed by atoms with Crippen LogP contribution in [0.25, 0.3) is 0 Å². The first kappa shape index (κ1) is 15.1. The lowest BCUT2D eigenvalue weighted by Crippen LogP contribution is -2.57. The van der Waals surface area contributed by atoms with Crippen LogP contribution in [0.1, 0.15) is 13.3 Å². The minimum Gasteiger partial charge on any atom is -0.440 e. The Bertz CT molecular complexity index is 239. The van der Waals surface area contributed by atoms with E-state index in [1.807, 2.05) is 0 Å². The Morgan fingerprint density at radius 1 is 1.12 bits per heavy atom. The molecule has 0 saturated carbocycles. The van der Waals surface area contributed by atoms with Crippen LogP contribution in [0.15, 0.2) is 12.8 Å². The molecule has 0 aromatic carbocycles. The summed E-state index contributed by atoms with van der Waals surface area (Å²) in [6, 6.07) is -4.59. The lowest BCUT2D eigenvalue weighted by atomic mass is 10.3. The minimum absolute atomic E-state index is 0.0418. The van der Waals surface area contributed by atoms with Crippen LogP contribution in [-0.2, 0) is 9.47 Å². The van der Waals surface area contributed by atoms with Gasteiger partial charge in [-0.15, -0.1) is 0 Å². The summed E-state index contributed by atoms with van der Waals surface area (Å²) in [5.41, 5.74) is 0. The van der Waals surface area contributed by atoms with Crippen molar-refractivity contribution >= 4 is 0 Å². The zero-order chi connectivity index (χ0) is 13.0. The molecular formula is C8H10F6O2. The Kier molecular flexibility index (Phi) is 4.66. The Morgan fingerprint density at radius 2 is 1.62 bits per heavy atom. The molecule has 0 heterocycles. The van der Waals surface area contributed by atoms with E-state index in [-0.39, 0.29) is 12.7 Å². The normalized spacial score (nSPS) is 16.7. The highest BCUT2D eigenvalue weighted by molar-refractivity contribution is 4.87. The van der Waals surface area contributed by atoms with Crippen molar-refractivity contribution in [2.45, 2.75) is 31.5 Å². The molecule has 96 valence electrons. The molecule has 0 rings (SSSR count). The molecule has 0 spiro atoms. The first-order chi connectivity index (χ1) is 7.12. The summed E-state index contributed by atoms with van der Waals surface area (Å²) in [6.45, 7) is 3.45. The van der Waals surface area contributed by atoms with Crippen molar-refractivity contribution in [1.29, 1.82) is 0 Å². The van der Waals surface area contributed by atoms with Crippen LogP contribution in [0.3, 0.4) is 0 Å². The van der Waals surface area contributed by atoms with Gasteiger partial charge in [-0.2, -0.15) is 26.3 Å². The third-order valence-corrected chi connectivity index (χ3v) is 1.46. The highest BCUT2D eigenvalue weighted by Gasteiger charge is 2.75. The molecule has 0 bridgehead atoms. The molecule has 0 aromatic rings. The average Bonchev–Trinajstić information content (AvgIpc) is 2.13. The molecule has 16 heavy (non-hydrogen) atoms. The summed E-state index contributed by atoms with van der Waals surface area (Å²) < 4.78 is 81.6. The second-order valence-corrected chi connectivity index (χ2v) is 2.74. The molecule has 0 aromatic heterocycles. The fourth-order valence-electron chi connectivity index (χ4n) is 0.708. The van der Waals surface area contributed by atoms with Crippen molar-refractivity contribution in [3.8, 4) is 0 Å². The topological polar surface area (TPSA) is 18.5 Å². The van der Waals surface area contributed by atoms with Gasteiger partial charge >= 0.3 is 18.1 Å². The van der Waals surface area contributed by atoms with Gasteiger partial charge in [0.1, 0.15) is 0 Å². The van der Waals surface area contributed by atoms with Crippen molar-refractivity contribution in [2.75, 3.05) is 6.61 Å². The van der Waals surface area contributed by atoms with Crippen LogP contribution in [0.4, 0.5) is 26.3 Å². The van der Waals surface area contributed by atoms with Crippen molar-refractivity contribution < 1.29 is 35.8 Å². The molecule has 2 nitrogen and oxygen atoms in total. The van der Waals surface area contributed by atoms with Gasteiger partial charge in [0.15, 0.2) is 0 Å².